The predicted octanol–water partition coefficient (Wildman–Crippen LogP) is 4.55. The Balaban J connectivity index is 1.96. The minimum atomic E-state index is -0.890. The second-order valence-corrected chi connectivity index (χ2v) is 6.02. The summed E-state index contributed by atoms with van der Waals surface area (Å²) in [5, 5.41) is 9.23. The molecule has 2 aromatic rings. The van der Waals surface area contributed by atoms with Crippen LogP contribution in [0.15, 0.2) is 48.5 Å². The first kappa shape index (κ1) is 15.3. The fraction of sp³-hybridized carbons (Fsp3) is 0.250. The predicted molar refractivity (Wildman–Crippen MR) is 91.0 cm³/mol. The standard InChI is InChI=1S/C20H20O3/c1-13(2)23-17-10-8-15(9-11-17)18-5-3-4-14-6-7-16(20(21)22)12-19(14)18/h5-13H,3-4H2,1-2H3,(H,21,22). The molecule has 3 heteroatoms. The van der Waals surface area contributed by atoms with Crippen LogP contribution in [0.5, 0.6) is 5.75 Å². The molecule has 3 rings (SSSR count). The summed E-state index contributed by atoms with van der Waals surface area (Å²) in [7, 11) is 0. The summed E-state index contributed by atoms with van der Waals surface area (Å²) in [6.07, 6.45) is 4.26. The molecule has 0 heterocycles. The average molecular weight is 308 g/mol. The zero-order valence-corrected chi connectivity index (χ0v) is 13.4. The van der Waals surface area contributed by atoms with Gasteiger partial charge in [-0.2, -0.15) is 0 Å². The third kappa shape index (κ3) is 3.29. The molecule has 1 aliphatic rings. The van der Waals surface area contributed by atoms with Crippen LogP contribution in [0.2, 0.25) is 0 Å². The van der Waals surface area contributed by atoms with Crippen LogP contribution >= 0.6 is 0 Å². The van der Waals surface area contributed by atoms with Crippen LogP contribution in [-0.4, -0.2) is 17.2 Å². The fourth-order valence-corrected chi connectivity index (χ4v) is 2.92. The number of carbonyl (C=O) groups is 1. The number of benzene rings is 2. The quantitative estimate of drug-likeness (QED) is 0.901. The Bertz CT molecular complexity index is 755. The van der Waals surface area contributed by atoms with Crippen molar-refractivity contribution in [3.05, 3.63) is 70.8 Å². The number of carboxylic acids is 1. The second-order valence-electron chi connectivity index (χ2n) is 6.02. The molecule has 0 aliphatic heterocycles. The van der Waals surface area contributed by atoms with Gasteiger partial charge in [0.2, 0.25) is 0 Å². The van der Waals surface area contributed by atoms with Crippen LogP contribution in [-0.2, 0) is 6.42 Å². The van der Waals surface area contributed by atoms with E-state index >= 15 is 0 Å². The number of hydrogen-bond acceptors (Lipinski definition) is 2. The molecule has 0 saturated heterocycles. The molecule has 23 heavy (non-hydrogen) atoms. The monoisotopic (exact) mass is 308 g/mol. The highest BCUT2D eigenvalue weighted by molar-refractivity contribution is 5.91. The van der Waals surface area contributed by atoms with E-state index in [1.54, 1.807) is 12.1 Å². The number of carboxylic acid groups (broad SMARTS) is 1. The molecule has 0 unspecified atom stereocenters. The molecular weight excluding hydrogens is 288 g/mol. The van der Waals surface area contributed by atoms with E-state index < -0.39 is 5.97 Å². The molecule has 0 atom stereocenters. The first-order valence-electron chi connectivity index (χ1n) is 7.88. The van der Waals surface area contributed by atoms with Crippen molar-refractivity contribution < 1.29 is 14.6 Å². The lowest BCUT2D eigenvalue weighted by atomic mass is 9.86. The van der Waals surface area contributed by atoms with Crippen molar-refractivity contribution in [3.8, 4) is 5.75 Å². The van der Waals surface area contributed by atoms with E-state index in [-0.39, 0.29) is 6.10 Å². The van der Waals surface area contributed by atoms with Crippen molar-refractivity contribution in [2.45, 2.75) is 32.8 Å². The van der Waals surface area contributed by atoms with Gasteiger partial charge in [-0.25, -0.2) is 4.79 Å². The fourth-order valence-electron chi connectivity index (χ4n) is 2.92. The van der Waals surface area contributed by atoms with Crippen LogP contribution < -0.4 is 4.74 Å². The van der Waals surface area contributed by atoms with E-state index in [2.05, 4.69) is 6.08 Å². The first-order valence-corrected chi connectivity index (χ1v) is 7.88. The molecule has 2 aromatic carbocycles. The Kier molecular flexibility index (Phi) is 4.20. The van der Waals surface area contributed by atoms with Gasteiger partial charge in [-0.1, -0.05) is 24.3 Å². The van der Waals surface area contributed by atoms with Gasteiger partial charge in [0.1, 0.15) is 5.75 Å². The van der Waals surface area contributed by atoms with Crippen molar-refractivity contribution >= 4 is 11.5 Å². The summed E-state index contributed by atoms with van der Waals surface area (Å²) in [5.74, 6) is -0.0434. The molecule has 1 N–H and O–H groups in total. The molecule has 0 amide bonds. The number of aromatic carboxylic acids is 1. The Morgan fingerprint density at radius 2 is 1.87 bits per heavy atom. The minimum Gasteiger partial charge on any atom is -0.491 e. The van der Waals surface area contributed by atoms with Gasteiger partial charge in [-0.15, -0.1) is 0 Å². The number of ether oxygens (including phenoxy) is 1. The molecule has 0 spiro atoms. The molecule has 0 saturated carbocycles. The van der Waals surface area contributed by atoms with Gasteiger partial charge >= 0.3 is 5.97 Å². The molecule has 0 bridgehead atoms. The van der Waals surface area contributed by atoms with Gasteiger partial charge in [0.05, 0.1) is 11.7 Å². The number of hydrogen-bond donors (Lipinski definition) is 1. The van der Waals surface area contributed by atoms with Gasteiger partial charge in [-0.3, -0.25) is 0 Å². The molecule has 0 fully saturated rings. The van der Waals surface area contributed by atoms with Crippen molar-refractivity contribution in [2.75, 3.05) is 0 Å². The zero-order chi connectivity index (χ0) is 16.4. The summed E-state index contributed by atoms with van der Waals surface area (Å²) >= 11 is 0. The first-order chi connectivity index (χ1) is 11.0. The molecule has 3 nitrogen and oxygen atoms in total. The van der Waals surface area contributed by atoms with E-state index in [9.17, 15) is 9.90 Å². The third-order valence-corrected chi connectivity index (χ3v) is 3.95. The normalized spacial score (nSPS) is 13.4. The van der Waals surface area contributed by atoms with Crippen molar-refractivity contribution in [1.29, 1.82) is 0 Å². The second kappa shape index (κ2) is 6.29. The van der Waals surface area contributed by atoms with E-state index in [4.69, 9.17) is 4.74 Å². The molecule has 0 aromatic heterocycles. The van der Waals surface area contributed by atoms with Crippen LogP contribution in [0.3, 0.4) is 0 Å². The van der Waals surface area contributed by atoms with Gasteiger partial charge in [-0.05, 0) is 73.2 Å². The lowest BCUT2D eigenvalue weighted by molar-refractivity contribution is 0.0697. The maximum absolute atomic E-state index is 11.2. The highest BCUT2D eigenvalue weighted by Gasteiger charge is 2.16. The Labute approximate surface area is 136 Å². The summed E-state index contributed by atoms with van der Waals surface area (Å²) in [6.45, 7) is 4.00. The number of fused-ring (bicyclic) bond motifs is 1. The number of allylic oxidation sites excluding steroid dienone is 1. The van der Waals surface area contributed by atoms with Crippen LogP contribution in [0.1, 0.15) is 47.3 Å². The van der Waals surface area contributed by atoms with Crippen molar-refractivity contribution in [2.24, 2.45) is 0 Å². The van der Waals surface area contributed by atoms with Crippen LogP contribution in [0, 0.1) is 0 Å². The summed E-state index contributed by atoms with van der Waals surface area (Å²) in [4.78, 5) is 11.2. The summed E-state index contributed by atoms with van der Waals surface area (Å²) < 4.78 is 5.68. The van der Waals surface area contributed by atoms with E-state index in [1.807, 2.05) is 44.2 Å². The van der Waals surface area contributed by atoms with Crippen LogP contribution in [0.4, 0.5) is 0 Å². The smallest absolute Gasteiger partial charge is 0.335 e. The van der Waals surface area contributed by atoms with Gasteiger partial charge < -0.3 is 9.84 Å². The number of aryl methyl sites for hydroxylation is 1. The average Bonchev–Trinajstić information content (AvgIpc) is 2.54. The summed E-state index contributed by atoms with van der Waals surface area (Å²) in [5.41, 5.74) is 4.75. The third-order valence-electron chi connectivity index (χ3n) is 3.95. The van der Waals surface area contributed by atoms with Crippen LogP contribution in [0.25, 0.3) is 5.57 Å². The largest absolute Gasteiger partial charge is 0.491 e. The molecule has 1 aliphatic carbocycles. The van der Waals surface area contributed by atoms with Gasteiger partial charge in [0, 0.05) is 0 Å². The van der Waals surface area contributed by atoms with Gasteiger partial charge in [0.15, 0.2) is 0 Å². The lowest BCUT2D eigenvalue weighted by Gasteiger charge is -2.19. The Morgan fingerprint density at radius 3 is 2.52 bits per heavy atom. The highest BCUT2D eigenvalue weighted by atomic mass is 16.5. The SMILES string of the molecule is CC(C)Oc1ccc(C2=CCCc3ccc(C(=O)O)cc32)cc1. The lowest BCUT2D eigenvalue weighted by Crippen LogP contribution is -2.06. The highest BCUT2D eigenvalue weighted by Crippen LogP contribution is 2.33. The number of rotatable bonds is 4. The van der Waals surface area contributed by atoms with Crippen molar-refractivity contribution in [1.82, 2.24) is 0 Å². The Hall–Kier alpha value is -2.55. The molecule has 0 radical (unpaired) electrons. The maximum Gasteiger partial charge on any atom is 0.335 e. The molecule has 118 valence electrons. The van der Waals surface area contributed by atoms with E-state index in [0.29, 0.717) is 5.56 Å². The maximum atomic E-state index is 11.2. The molecular formula is C20H20O3. The van der Waals surface area contributed by atoms with Crippen molar-refractivity contribution in [3.63, 3.8) is 0 Å². The Morgan fingerprint density at radius 1 is 1.13 bits per heavy atom. The van der Waals surface area contributed by atoms with E-state index in [0.717, 1.165) is 35.3 Å². The van der Waals surface area contributed by atoms with E-state index in [1.165, 1.54) is 5.56 Å². The van der Waals surface area contributed by atoms with Gasteiger partial charge in [0.25, 0.3) is 0 Å². The minimum absolute atomic E-state index is 0.147. The zero-order valence-electron chi connectivity index (χ0n) is 13.4. The summed E-state index contributed by atoms with van der Waals surface area (Å²) in [6, 6.07) is 13.4. The topological polar surface area (TPSA) is 46.5 Å².